The molecule has 0 aromatic heterocycles. The first-order valence-electron chi connectivity index (χ1n) is 6.59. The van der Waals surface area contributed by atoms with Crippen LogP contribution in [-0.4, -0.2) is 32.2 Å². The molecule has 1 fully saturated rings. The van der Waals surface area contributed by atoms with Gasteiger partial charge in [0.25, 0.3) is 5.91 Å². The second-order valence-corrected chi connectivity index (χ2v) is 4.90. The Morgan fingerprint density at radius 2 is 2.05 bits per heavy atom. The number of hydrogen-bond donors (Lipinski definition) is 2. The molecule has 0 spiro atoms. The van der Waals surface area contributed by atoms with Gasteiger partial charge in [-0.1, -0.05) is 0 Å². The van der Waals surface area contributed by atoms with Gasteiger partial charge in [-0.25, -0.2) is 8.78 Å². The molecule has 0 aliphatic carbocycles. The summed E-state index contributed by atoms with van der Waals surface area (Å²) in [5.74, 6) is -1.81. The van der Waals surface area contributed by atoms with Crippen LogP contribution in [0.15, 0.2) is 12.1 Å². The summed E-state index contributed by atoms with van der Waals surface area (Å²) < 4.78 is 32.5. The summed E-state index contributed by atoms with van der Waals surface area (Å²) in [4.78, 5) is 11.9. The third-order valence-electron chi connectivity index (χ3n) is 3.61. The summed E-state index contributed by atoms with van der Waals surface area (Å²) in [6.07, 6.45) is 0.971. The number of nitrogens with one attached hydrogen (secondary N) is 2. The Morgan fingerprint density at radius 3 is 2.55 bits per heavy atom. The average Bonchev–Trinajstić information content (AvgIpc) is 2.81. The number of amides is 1. The van der Waals surface area contributed by atoms with Gasteiger partial charge in [-0.15, -0.1) is 0 Å². The summed E-state index contributed by atoms with van der Waals surface area (Å²) in [6.45, 7) is 3.07. The van der Waals surface area contributed by atoms with Crippen molar-refractivity contribution in [2.45, 2.75) is 19.4 Å². The molecule has 1 aromatic carbocycles. The molecule has 6 heteroatoms. The standard InChI is InChI=1S/C14H18F2N2O2/c1-8-9(3-4-20-8)7-18-14(19)10-5-11(15)13(17-2)12(16)6-10/h5-6,8-9,17H,3-4,7H2,1-2H3,(H,18,19). The smallest absolute Gasteiger partial charge is 0.251 e. The highest BCUT2D eigenvalue weighted by molar-refractivity contribution is 5.94. The minimum Gasteiger partial charge on any atom is -0.383 e. The Kier molecular flexibility index (Phi) is 4.54. The maximum Gasteiger partial charge on any atom is 0.251 e. The molecule has 20 heavy (non-hydrogen) atoms. The Balaban J connectivity index is 2.02. The SMILES string of the molecule is CNc1c(F)cc(C(=O)NCC2CCOC2C)cc1F. The number of carbonyl (C=O) groups excluding carboxylic acids is 1. The van der Waals surface area contributed by atoms with Crippen molar-refractivity contribution >= 4 is 11.6 Å². The van der Waals surface area contributed by atoms with Gasteiger partial charge in [0.2, 0.25) is 0 Å². The second kappa shape index (κ2) is 6.17. The molecule has 2 atom stereocenters. The van der Waals surface area contributed by atoms with Crippen molar-refractivity contribution in [1.29, 1.82) is 0 Å². The van der Waals surface area contributed by atoms with Crippen LogP contribution >= 0.6 is 0 Å². The van der Waals surface area contributed by atoms with Crippen LogP contribution in [0.4, 0.5) is 14.5 Å². The minimum atomic E-state index is -0.782. The quantitative estimate of drug-likeness (QED) is 0.891. The van der Waals surface area contributed by atoms with E-state index in [0.29, 0.717) is 13.2 Å². The third kappa shape index (κ3) is 3.07. The predicted molar refractivity (Wildman–Crippen MR) is 71.8 cm³/mol. The summed E-state index contributed by atoms with van der Waals surface area (Å²) in [5, 5.41) is 5.10. The van der Waals surface area contributed by atoms with Gasteiger partial charge < -0.3 is 15.4 Å². The number of hydrogen-bond acceptors (Lipinski definition) is 3. The lowest BCUT2D eigenvalue weighted by Crippen LogP contribution is -2.32. The zero-order chi connectivity index (χ0) is 14.7. The molecule has 2 unspecified atom stereocenters. The van der Waals surface area contributed by atoms with Gasteiger partial charge in [-0.05, 0) is 25.5 Å². The second-order valence-electron chi connectivity index (χ2n) is 4.90. The first-order chi connectivity index (χ1) is 9.52. The average molecular weight is 284 g/mol. The molecule has 110 valence electrons. The van der Waals surface area contributed by atoms with Crippen LogP contribution in [0.3, 0.4) is 0 Å². The number of ether oxygens (including phenoxy) is 1. The molecule has 0 saturated carbocycles. The summed E-state index contributed by atoms with van der Waals surface area (Å²) in [5.41, 5.74) is -0.259. The lowest BCUT2D eigenvalue weighted by molar-refractivity contribution is 0.0906. The molecule has 2 rings (SSSR count). The fraction of sp³-hybridized carbons (Fsp3) is 0.500. The summed E-state index contributed by atoms with van der Waals surface area (Å²) >= 11 is 0. The predicted octanol–water partition coefficient (Wildman–Crippen LogP) is 2.16. The van der Waals surface area contributed by atoms with Gasteiger partial charge in [0, 0.05) is 31.7 Å². The van der Waals surface area contributed by atoms with Crippen LogP contribution < -0.4 is 10.6 Å². The number of anilines is 1. The van der Waals surface area contributed by atoms with Gasteiger partial charge in [0.05, 0.1) is 6.10 Å². The Morgan fingerprint density at radius 1 is 1.40 bits per heavy atom. The van der Waals surface area contributed by atoms with E-state index in [1.807, 2.05) is 6.92 Å². The van der Waals surface area contributed by atoms with Crippen molar-refractivity contribution in [3.63, 3.8) is 0 Å². The molecule has 2 N–H and O–H groups in total. The topological polar surface area (TPSA) is 50.4 Å². The van der Waals surface area contributed by atoms with E-state index in [0.717, 1.165) is 18.6 Å². The van der Waals surface area contributed by atoms with E-state index in [2.05, 4.69) is 10.6 Å². The van der Waals surface area contributed by atoms with Gasteiger partial charge in [-0.2, -0.15) is 0 Å². The van der Waals surface area contributed by atoms with E-state index in [-0.39, 0.29) is 23.3 Å². The van der Waals surface area contributed by atoms with Crippen LogP contribution in [-0.2, 0) is 4.74 Å². The van der Waals surface area contributed by atoms with Gasteiger partial charge in [0.1, 0.15) is 17.3 Å². The molecule has 1 heterocycles. The van der Waals surface area contributed by atoms with Crippen molar-refractivity contribution in [2.24, 2.45) is 5.92 Å². The third-order valence-corrected chi connectivity index (χ3v) is 3.61. The maximum atomic E-state index is 13.6. The van der Waals surface area contributed by atoms with E-state index in [1.54, 1.807) is 0 Å². The van der Waals surface area contributed by atoms with Crippen molar-refractivity contribution in [2.75, 3.05) is 25.5 Å². The highest BCUT2D eigenvalue weighted by Crippen LogP contribution is 2.21. The molecule has 4 nitrogen and oxygen atoms in total. The van der Waals surface area contributed by atoms with Crippen molar-refractivity contribution in [3.05, 3.63) is 29.3 Å². The molecule has 0 radical (unpaired) electrons. The summed E-state index contributed by atoms with van der Waals surface area (Å²) in [6, 6.07) is 2.05. The molecule has 1 aliphatic heterocycles. The number of rotatable bonds is 4. The van der Waals surface area contributed by atoms with Gasteiger partial charge in [0.15, 0.2) is 0 Å². The lowest BCUT2D eigenvalue weighted by atomic mass is 10.0. The van der Waals surface area contributed by atoms with Gasteiger partial charge in [-0.3, -0.25) is 4.79 Å². The Bertz CT molecular complexity index is 485. The molecule has 1 aliphatic rings. The molecule has 1 saturated heterocycles. The lowest BCUT2D eigenvalue weighted by Gasteiger charge is -2.15. The van der Waals surface area contributed by atoms with Crippen LogP contribution in [0.2, 0.25) is 0 Å². The minimum absolute atomic E-state index is 0.0226. The zero-order valence-corrected chi connectivity index (χ0v) is 11.5. The maximum absolute atomic E-state index is 13.6. The number of carbonyl (C=O) groups is 1. The number of halogens is 2. The van der Waals surface area contributed by atoms with Crippen LogP contribution in [0.1, 0.15) is 23.7 Å². The van der Waals surface area contributed by atoms with Crippen molar-refractivity contribution in [1.82, 2.24) is 5.32 Å². The van der Waals surface area contributed by atoms with E-state index in [1.165, 1.54) is 7.05 Å². The first-order valence-corrected chi connectivity index (χ1v) is 6.59. The van der Waals surface area contributed by atoms with E-state index in [4.69, 9.17) is 4.74 Å². The monoisotopic (exact) mass is 284 g/mol. The first kappa shape index (κ1) is 14.7. The molecular formula is C14H18F2N2O2. The van der Waals surface area contributed by atoms with E-state index >= 15 is 0 Å². The van der Waals surface area contributed by atoms with Crippen LogP contribution in [0, 0.1) is 17.6 Å². The molecule has 1 amide bonds. The van der Waals surface area contributed by atoms with E-state index < -0.39 is 17.5 Å². The molecule has 0 bridgehead atoms. The van der Waals surface area contributed by atoms with Gasteiger partial charge >= 0.3 is 0 Å². The summed E-state index contributed by atoms with van der Waals surface area (Å²) in [7, 11) is 1.42. The number of benzene rings is 1. The largest absolute Gasteiger partial charge is 0.383 e. The zero-order valence-electron chi connectivity index (χ0n) is 11.5. The van der Waals surface area contributed by atoms with Crippen molar-refractivity contribution < 1.29 is 18.3 Å². The normalized spacial score (nSPS) is 21.8. The molecular weight excluding hydrogens is 266 g/mol. The highest BCUT2D eigenvalue weighted by Gasteiger charge is 2.24. The van der Waals surface area contributed by atoms with Crippen LogP contribution in [0.25, 0.3) is 0 Å². The Hall–Kier alpha value is -1.69. The van der Waals surface area contributed by atoms with Crippen molar-refractivity contribution in [3.8, 4) is 0 Å². The fourth-order valence-electron chi connectivity index (χ4n) is 2.31. The highest BCUT2D eigenvalue weighted by atomic mass is 19.1. The Labute approximate surface area is 116 Å². The molecule has 1 aromatic rings. The van der Waals surface area contributed by atoms with E-state index in [9.17, 15) is 13.6 Å². The van der Waals surface area contributed by atoms with Crippen LogP contribution in [0.5, 0.6) is 0 Å². The fourth-order valence-corrected chi connectivity index (χ4v) is 2.31.